The monoisotopic (exact) mass is 1500 g/mol. The molecule has 9 aromatic rings. The molecule has 0 heterocycles. The summed E-state index contributed by atoms with van der Waals surface area (Å²) in [5, 5.41) is 0. The van der Waals surface area contributed by atoms with Gasteiger partial charge in [0, 0.05) is 19.8 Å². The van der Waals surface area contributed by atoms with Crippen molar-refractivity contribution in [3.63, 3.8) is 0 Å². The molecule has 0 saturated heterocycles. The molecule has 0 aliphatic rings. The summed E-state index contributed by atoms with van der Waals surface area (Å²) in [7, 11) is 6.59. The van der Waals surface area contributed by atoms with E-state index in [2.05, 4.69) is 248 Å². The van der Waals surface area contributed by atoms with Gasteiger partial charge in [-0.3, -0.25) is 0 Å². The van der Waals surface area contributed by atoms with Gasteiger partial charge in [-0.1, -0.05) is 29.8 Å². The molecule has 0 atom stereocenters. The Balaban J connectivity index is 0.000000157. The topological polar surface area (TPSA) is 36.9 Å². The second-order valence-electron chi connectivity index (χ2n) is 15.7. The average Bonchev–Trinajstić information content (AvgIpc) is 3.43. The summed E-state index contributed by atoms with van der Waals surface area (Å²) < 4.78 is 35.5. The van der Waals surface area contributed by atoms with E-state index in [9.17, 15) is 0 Å². The number of hydrogen-bond donors (Lipinski definition) is 0. The Morgan fingerprint density at radius 1 is 0.261 bits per heavy atom. The van der Waals surface area contributed by atoms with Crippen molar-refractivity contribution in [2.45, 2.75) is 24.1 Å². The molecule has 350 valence electrons. The van der Waals surface area contributed by atoms with Gasteiger partial charge in [-0.15, -0.1) is 0 Å². The molecule has 4 nitrogen and oxygen atoms in total. The summed E-state index contributed by atoms with van der Waals surface area (Å²) in [5.74, 6) is 0. The summed E-state index contributed by atoms with van der Waals surface area (Å²) in [6, 6.07) is 93.5. The van der Waals surface area contributed by atoms with Gasteiger partial charge in [-0.2, -0.15) is 0 Å². The second-order valence-corrected chi connectivity index (χ2v) is 41.3. The first-order valence-electron chi connectivity index (χ1n) is 22.9. The molecule has 0 N–H and O–H groups in total. The molecule has 0 radical (unpaired) electrons. The van der Waals surface area contributed by atoms with Gasteiger partial charge in [0.05, 0.1) is 0 Å². The first-order chi connectivity index (χ1) is 33.9. The van der Waals surface area contributed by atoms with Crippen LogP contribution in [0.3, 0.4) is 0 Å². The normalized spacial score (nSPS) is 10.8. The fraction of sp³-hybridized carbons (Fsp3) is 0.129. The summed E-state index contributed by atoms with van der Waals surface area (Å²) in [5.41, 5.74) is 3.34. The quantitative estimate of drug-likeness (QED) is 0.0806. The van der Waals surface area contributed by atoms with E-state index < -0.39 is 65.3 Å². The SMILES string of the molecule is COC(OC)c1cc[c]([Bi]([c]2ccccc2)[c]2ccccc2)cc1.COC(OC)c1ccc(C)cc1.[CH3][Bi]([c]1ccccc1)[c]1ccccc1.c1cc[c]([Bi]([c]2ccccc2)[c]2ccccc2)cc1. The molecule has 0 aliphatic heterocycles. The number of aryl methyl sites for hydroxylation is 1. The van der Waals surface area contributed by atoms with E-state index in [1.54, 1.807) is 35.0 Å². The van der Waals surface area contributed by atoms with Crippen molar-refractivity contribution in [1.82, 2.24) is 0 Å². The number of methoxy groups -OCH3 is 4. The van der Waals surface area contributed by atoms with Crippen LogP contribution < -0.4 is 26.2 Å². The zero-order chi connectivity index (χ0) is 48.5. The minimum atomic E-state index is -2.24. The fourth-order valence-electron chi connectivity index (χ4n) is 7.47. The van der Waals surface area contributed by atoms with E-state index >= 15 is 0 Å². The Labute approximate surface area is 436 Å². The Kier molecular flexibility index (Phi) is 23.6. The molecule has 0 fully saturated rings. The van der Waals surface area contributed by atoms with Crippen molar-refractivity contribution >= 4 is 91.4 Å². The van der Waals surface area contributed by atoms with Crippen LogP contribution in [0.2, 0.25) is 4.63 Å². The van der Waals surface area contributed by atoms with E-state index in [4.69, 9.17) is 18.9 Å². The van der Waals surface area contributed by atoms with Gasteiger partial charge < -0.3 is 9.47 Å². The van der Waals surface area contributed by atoms with Crippen LogP contribution in [0.5, 0.6) is 0 Å². The van der Waals surface area contributed by atoms with E-state index in [0.717, 1.165) is 11.1 Å². The van der Waals surface area contributed by atoms with Crippen LogP contribution in [0, 0.1) is 6.92 Å². The fourth-order valence-corrected chi connectivity index (χ4v) is 31.3. The Hall–Kier alpha value is -4.53. The molecule has 7 heteroatoms. The Bertz CT molecular complexity index is 2540. The van der Waals surface area contributed by atoms with Crippen LogP contribution in [0.4, 0.5) is 0 Å². The van der Waals surface area contributed by atoms with Crippen LogP contribution in [0.15, 0.2) is 261 Å². The van der Waals surface area contributed by atoms with E-state index in [-0.39, 0.29) is 12.6 Å². The zero-order valence-electron chi connectivity index (χ0n) is 40.5. The first-order valence-corrected chi connectivity index (χ1v) is 40.3. The standard InChI is InChI=1S/C10H14O2.C9H11O2.7C6H5.CH3.3Bi/c1-8-4-6-9(7-5-8)10(11-2)12-3;1-10-9(11-2)8-6-4-3-5-7-8;7*1-2-4-6-5-3-1;;;;/h4-7,10H,1-3H3;4-7,9H,1-2H3;7*1-5H;1H3;;;. The molecule has 0 spiro atoms. The molecular formula is C62H63Bi3O4. The van der Waals surface area contributed by atoms with Crippen LogP contribution in [-0.4, -0.2) is 93.7 Å². The molecular weight excluding hydrogens is 1440 g/mol. The summed E-state index contributed by atoms with van der Waals surface area (Å²) in [6.07, 6.45) is -0.550. The molecule has 0 amide bonds. The molecule has 0 aromatic heterocycles. The van der Waals surface area contributed by atoms with Gasteiger partial charge in [0.25, 0.3) is 0 Å². The van der Waals surface area contributed by atoms with Gasteiger partial charge in [0.15, 0.2) is 6.29 Å². The third kappa shape index (κ3) is 16.8. The molecule has 0 bridgehead atoms. The maximum atomic E-state index is 5.35. The predicted molar refractivity (Wildman–Crippen MR) is 296 cm³/mol. The third-order valence-corrected chi connectivity index (χ3v) is 38.3. The summed E-state index contributed by atoms with van der Waals surface area (Å²) in [4.78, 5) is 0. The average molecular weight is 1500 g/mol. The molecule has 9 rings (SSSR count). The van der Waals surface area contributed by atoms with Crippen molar-refractivity contribution < 1.29 is 18.9 Å². The Morgan fingerprint density at radius 3 is 0.696 bits per heavy atom. The number of ether oxygens (including phenoxy) is 4. The van der Waals surface area contributed by atoms with Gasteiger partial charge >= 0.3 is 368 Å². The van der Waals surface area contributed by atoms with Crippen molar-refractivity contribution in [2.75, 3.05) is 28.4 Å². The molecule has 69 heavy (non-hydrogen) atoms. The van der Waals surface area contributed by atoms with Crippen LogP contribution in [-0.2, 0) is 18.9 Å². The molecule has 0 aliphatic carbocycles. The molecule has 0 saturated carbocycles. The maximum absolute atomic E-state index is 5.35. The van der Waals surface area contributed by atoms with Crippen molar-refractivity contribution in [3.05, 3.63) is 278 Å². The Morgan fingerprint density at radius 2 is 0.464 bits per heavy atom. The number of hydrogen-bond acceptors (Lipinski definition) is 4. The molecule has 9 aromatic carbocycles. The minimum absolute atomic E-state index is 0.245. The van der Waals surface area contributed by atoms with Gasteiger partial charge in [-0.25, -0.2) is 0 Å². The number of benzene rings is 9. The van der Waals surface area contributed by atoms with Gasteiger partial charge in [0.2, 0.25) is 0 Å². The summed E-state index contributed by atoms with van der Waals surface area (Å²) >= 11 is -5.88. The van der Waals surface area contributed by atoms with Crippen LogP contribution >= 0.6 is 0 Å². The zero-order valence-corrected chi connectivity index (χ0v) is 50.9. The third-order valence-electron chi connectivity index (χ3n) is 11.0. The second kappa shape index (κ2) is 30.3. The van der Waals surface area contributed by atoms with E-state index in [0.29, 0.717) is 0 Å². The van der Waals surface area contributed by atoms with E-state index in [1.165, 1.54) is 25.2 Å². The van der Waals surface area contributed by atoms with Gasteiger partial charge in [0.1, 0.15) is 0 Å². The summed E-state index contributed by atoms with van der Waals surface area (Å²) in [6.45, 7) is 2.05. The van der Waals surface area contributed by atoms with E-state index in [1.807, 2.05) is 24.3 Å². The van der Waals surface area contributed by atoms with Crippen LogP contribution in [0.25, 0.3) is 0 Å². The van der Waals surface area contributed by atoms with Gasteiger partial charge in [-0.05, 0) is 6.92 Å². The molecule has 0 unspecified atom stereocenters. The van der Waals surface area contributed by atoms with Crippen molar-refractivity contribution in [1.29, 1.82) is 0 Å². The predicted octanol–water partition coefficient (Wildman–Crippen LogP) is 8.91. The van der Waals surface area contributed by atoms with Crippen LogP contribution in [0.1, 0.15) is 29.3 Å². The number of rotatable bonds is 14. The van der Waals surface area contributed by atoms with Crippen molar-refractivity contribution in [3.8, 4) is 0 Å². The first kappa shape index (κ1) is 53.8. The van der Waals surface area contributed by atoms with Crippen molar-refractivity contribution in [2.24, 2.45) is 0 Å².